The van der Waals surface area contributed by atoms with Crippen LogP contribution in [0.1, 0.15) is 12.0 Å². The Morgan fingerprint density at radius 2 is 2.06 bits per heavy atom. The largest absolute Gasteiger partial charge is 0.496 e. The van der Waals surface area contributed by atoms with Gasteiger partial charge in [0.2, 0.25) is 0 Å². The van der Waals surface area contributed by atoms with Crippen LogP contribution in [-0.4, -0.2) is 24.5 Å². The number of rotatable bonds is 4. The molecule has 0 heterocycles. The first kappa shape index (κ1) is 14.3. The quantitative estimate of drug-likeness (QED) is 0.924. The minimum atomic E-state index is -4.36. The molecule has 1 aromatic rings. The third-order valence-corrected chi connectivity index (χ3v) is 2.66. The van der Waals surface area contributed by atoms with Gasteiger partial charge in [-0.25, -0.2) is 0 Å². The van der Waals surface area contributed by atoms with Crippen LogP contribution in [0.5, 0.6) is 5.75 Å². The smallest absolute Gasteiger partial charge is 0.391 e. The monoisotopic (exact) mass is 312 g/mol. The van der Waals surface area contributed by atoms with E-state index >= 15 is 0 Å². The lowest BCUT2D eigenvalue weighted by Gasteiger charge is -2.15. The fourth-order valence-electron chi connectivity index (χ4n) is 1.50. The molecule has 0 aliphatic heterocycles. The normalized spacial score (nSPS) is 13.5. The zero-order valence-electron chi connectivity index (χ0n) is 9.09. The molecule has 1 N–H and O–H groups in total. The number of benzene rings is 1. The lowest BCUT2D eigenvalue weighted by molar-refractivity contribution is -0.153. The molecule has 0 saturated carbocycles. The molecule has 0 aromatic heterocycles. The zero-order chi connectivity index (χ0) is 13.1. The molecule has 0 radical (unpaired) electrons. The van der Waals surface area contributed by atoms with Crippen LogP contribution >= 0.6 is 15.9 Å². The summed E-state index contributed by atoms with van der Waals surface area (Å²) in [5.41, 5.74) is 0.540. The highest BCUT2D eigenvalue weighted by atomic mass is 79.9. The van der Waals surface area contributed by atoms with E-state index in [2.05, 4.69) is 15.9 Å². The molecule has 2 nitrogen and oxygen atoms in total. The number of ether oxygens (including phenoxy) is 1. The number of halogens is 4. The highest BCUT2D eigenvalue weighted by Gasteiger charge is 2.31. The molecule has 17 heavy (non-hydrogen) atoms. The Labute approximate surface area is 106 Å². The van der Waals surface area contributed by atoms with Crippen molar-refractivity contribution in [3.63, 3.8) is 0 Å². The molecule has 1 rings (SSSR count). The molecule has 0 fully saturated rings. The van der Waals surface area contributed by atoms with Gasteiger partial charge in [0.25, 0.3) is 0 Å². The van der Waals surface area contributed by atoms with Gasteiger partial charge in [-0.2, -0.15) is 13.2 Å². The molecule has 0 amide bonds. The third kappa shape index (κ3) is 4.95. The second-order valence-corrected chi connectivity index (χ2v) is 4.55. The second kappa shape index (κ2) is 5.73. The summed E-state index contributed by atoms with van der Waals surface area (Å²) in [6, 6.07) is 5.00. The van der Waals surface area contributed by atoms with Gasteiger partial charge in [0, 0.05) is 10.9 Å². The minimum Gasteiger partial charge on any atom is -0.496 e. The Balaban J connectivity index is 2.76. The Bertz CT molecular complexity index is 379. The van der Waals surface area contributed by atoms with Crippen molar-refractivity contribution in [2.75, 3.05) is 7.11 Å². The lowest BCUT2D eigenvalue weighted by Crippen LogP contribution is -2.21. The highest BCUT2D eigenvalue weighted by Crippen LogP contribution is 2.27. The fraction of sp³-hybridized carbons (Fsp3) is 0.455. The van der Waals surface area contributed by atoms with Crippen molar-refractivity contribution >= 4 is 15.9 Å². The summed E-state index contributed by atoms with van der Waals surface area (Å²) in [4.78, 5) is 0. The first-order valence-electron chi connectivity index (χ1n) is 4.89. The van der Waals surface area contributed by atoms with E-state index in [-0.39, 0.29) is 6.42 Å². The average molecular weight is 313 g/mol. The van der Waals surface area contributed by atoms with Gasteiger partial charge in [0.15, 0.2) is 0 Å². The van der Waals surface area contributed by atoms with Gasteiger partial charge < -0.3 is 9.84 Å². The maximum atomic E-state index is 12.1. The van der Waals surface area contributed by atoms with Crippen molar-refractivity contribution < 1.29 is 23.0 Å². The van der Waals surface area contributed by atoms with Crippen molar-refractivity contribution in [3.05, 3.63) is 28.2 Å². The van der Waals surface area contributed by atoms with Gasteiger partial charge in [-0.05, 0) is 23.8 Å². The van der Waals surface area contributed by atoms with Crippen LogP contribution in [0.2, 0.25) is 0 Å². The highest BCUT2D eigenvalue weighted by molar-refractivity contribution is 9.10. The molecule has 0 bridgehead atoms. The summed E-state index contributed by atoms with van der Waals surface area (Å²) in [5.74, 6) is 0.467. The number of aliphatic hydroxyl groups excluding tert-OH is 1. The third-order valence-electron chi connectivity index (χ3n) is 2.17. The van der Waals surface area contributed by atoms with Gasteiger partial charge >= 0.3 is 6.18 Å². The van der Waals surface area contributed by atoms with E-state index in [4.69, 9.17) is 4.74 Å². The Morgan fingerprint density at radius 3 is 2.59 bits per heavy atom. The van der Waals surface area contributed by atoms with E-state index in [1.54, 1.807) is 18.2 Å². The number of hydrogen-bond acceptors (Lipinski definition) is 2. The molecule has 0 saturated heterocycles. The maximum Gasteiger partial charge on any atom is 0.391 e. The molecule has 0 aliphatic carbocycles. The summed E-state index contributed by atoms with van der Waals surface area (Å²) in [7, 11) is 1.43. The number of aliphatic hydroxyl groups is 1. The Kier molecular flexibility index (Phi) is 4.82. The topological polar surface area (TPSA) is 29.5 Å². The van der Waals surface area contributed by atoms with Crippen LogP contribution < -0.4 is 4.74 Å². The number of alkyl halides is 3. The molecular weight excluding hydrogens is 301 g/mol. The van der Waals surface area contributed by atoms with Crippen LogP contribution in [0.4, 0.5) is 13.2 Å². The van der Waals surface area contributed by atoms with Crippen LogP contribution in [-0.2, 0) is 6.42 Å². The lowest BCUT2D eigenvalue weighted by atomic mass is 10.0. The van der Waals surface area contributed by atoms with Crippen LogP contribution in [0.25, 0.3) is 0 Å². The minimum absolute atomic E-state index is 0.0951. The summed E-state index contributed by atoms with van der Waals surface area (Å²) in [6.45, 7) is 0. The van der Waals surface area contributed by atoms with Crippen molar-refractivity contribution in [1.82, 2.24) is 0 Å². The molecule has 1 unspecified atom stereocenters. The van der Waals surface area contributed by atoms with Crippen molar-refractivity contribution in [2.24, 2.45) is 0 Å². The molecule has 1 atom stereocenters. The summed E-state index contributed by atoms with van der Waals surface area (Å²) in [6.07, 6.45) is -7.14. The van der Waals surface area contributed by atoms with Gasteiger partial charge in [0.05, 0.1) is 19.6 Å². The fourth-order valence-corrected chi connectivity index (χ4v) is 1.91. The van der Waals surface area contributed by atoms with E-state index in [1.807, 2.05) is 0 Å². The van der Waals surface area contributed by atoms with Gasteiger partial charge in [-0.3, -0.25) is 0 Å². The van der Waals surface area contributed by atoms with Crippen LogP contribution in [0.3, 0.4) is 0 Å². The molecule has 6 heteroatoms. The molecular formula is C11H12BrF3O2. The molecule has 0 aliphatic rings. The number of hydrogen-bond donors (Lipinski definition) is 1. The molecule has 1 aromatic carbocycles. The van der Waals surface area contributed by atoms with Crippen molar-refractivity contribution in [2.45, 2.75) is 25.1 Å². The Hall–Kier alpha value is -0.750. The SMILES string of the molecule is COc1ccc(Br)cc1CC(O)CC(F)(F)F. The molecule has 96 valence electrons. The predicted molar refractivity (Wildman–Crippen MR) is 61.1 cm³/mol. The first-order valence-corrected chi connectivity index (χ1v) is 5.68. The summed E-state index contributed by atoms with van der Waals surface area (Å²) >= 11 is 3.22. The van der Waals surface area contributed by atoms with Gasteiger partial charge in [0.1, 0.15) is 5.75 Å². The second-order valence-electron chi connectivity index (χ2n) is 3.63. The van der Waals surface area contributed by atoms with E-state index in [0.717, 1.165) is 4.47 Å². The summed E-state index contributed by atoms with van der Waals surface area (Å²) in [5, 5.41) is 9.36. The van der Waals surface area contributed by atoms with E-state index < -0.39 is 18.7 Å². The zero-order valence-corrected chi connectivity index (χ0v) is 10.7. The Morgan fingerprint density at radius 1 is 1.41 bits per heavy atom. The van der Waals surface area contributed by atoms with Crippen molar-refractivity contribution in [3.8, 4) is 5.75 Å². The van der Waals surface area contributed by atoms with E-state index in [1.165, 1.54) is 7.11 Å². The van der Waals surface area contributed by atoms with Crippen LogP contribution in [0.15, 0.2) is 22.7 Å². The van der Waals surface area contributed by atoms with Crippen LogP contribution in [0, 0.1) is 0 Å². The average Bonchev–Trinajstić information content (AvgIpc) is 2.14. The predicted octanol–water partition coefficient (Wildman–Crippen LogP) is 3.31. The first-order chi connectivity index (χ1) is 7.81. The maximum absolute atomic E-state index is 12.1. The number of methoxy groups -OCH3 is 1. The standard InChI is InChI=1S/C11H12BrF3O2/c1-17-10-3-2-8(12)4-7(10)5-9(16)6-11(13,14)15/h2-4,9,16H,5-6H2,1H3. The summed E-state index contributed by atoms with van der Waals surface area (Å²) < 4.78 is 42.0. The van der Waals surface area contributed by atoms with Crippen molar-refractivity contribution in [1.29, 1.82) is 0 Å². The van der Waals surface area contributed by atoms with E-state index in [9.17, 15) is 18.3 Å². The van der Waals surface area contributed by atoms with E-state index in [0.29, 0.717) is 11.3 Å². The van der Waals surface area contributed by atoms with Gasteiger partial charge in [-0.15, -0.1) is 0 Å². The molecule has 0 spiro atoms. The van der Waals surface area contributed by atoms with Gasteiger partial charge in [-0.1, -0.05) is 15.9 Å².